The number of benzene rings is 1. The number of halogens is 1. The molecule has 0 bridgehead atoms. The maximum Gasteiger partial charge on any atom is 0.335 e. The SMILES string of the molecule is NCCc1nnc(CCl)n1-c1cccc(C(=O)O)c1. The largest absolute Gasteiger partial charge is 0.478 e. The predicted octanol–water partition coefficient (Wildman–Crippen LogP) is 1.21. The number of carbonyl (C=O) groups is 1. The Kier molecular flexibility index (Phi) is 4.13. The number of nitrogens with zero attached hydrogens (tertiary/aromatic N) is 3. The van der Waals surface area contributed by atoms with E-state index in [1.807, 2.05) is 0 Å². The average molecular weight is 281 g/mol. The van der Waals surface area contributed by atoms with Gasteiger partial charge in [-0.2, -0.15) is 0 Å². The zero-order valence-electron chi connectivity index (χ0n) is 10.1. The highest BCUT2D eigenvalue weighted by atomic mass is 35.5. The van der Waals surface area contributed by atoms with Gasteiger partial charge in [0, 0.05) is 12.1 Å². The topological polar surface area (TPSA) is 94.0 Å². The molecule has 2 rings (SSSR count). The van der Waals surface area contributed by atoms with E-state index in [1.54, 1.807) is 22.8 Å². The first-order valence-electron chi connectivity index (χ1n) is 5.70. The normalized spacial score (nSPS) is 10.6. The van der Waals surface area contributed by atoms with Crippen LogP contribution in [0.15, 0.2) is 24.3 Å². The molecule has 6 nitrogen and oxygen atoms in total. The van der Waals surface area contributed by atoms with Gasteiger partial charge in [0.2, 0.25) is 0 Å². The van der Waals surface area contributed by atoms with Gasteiger partial charge in [0.15, 0.2) is 5.82 Å². The minimum atomic E-state index is -0.984. The molecule has 1 aromatic heterocycles. The van der Waals surface area contributed by atoms with Crippen molar-refractivity contribution < 1.29 is 9.90 Å². The number of alkyl halides is 1. The molecule has 1 heterocycles. The number of aromatic nitrogens is 3. The maximum absolute atomic E-state index is 11.0. The van der Waals surface area contributed by atoms with Gasteiger partial charge in [-0.05, 0) is 24.7 Å². The van der Waals surface area contributed by atoms with Crippen molar-refractivity contribution in [1.82, 2.24) is 14.8 Å². The van der Waals surface area contributed by atoms with Crippen LogP contribution < -0.4 is 5.73 Å². The summed E-state index contributed by atoms with van der Waals surface area (Å²) in [5, 5.41) is 17.0. The highest BCUT2D eigenvalue weighted by molar-refractivity contribution is 6.16. The Balaban J connectivity index is 2.53. The molecule has 2 aromatic rings. The van der Waals surface area contributed by atoms with Crippen LogP contribution in [0.25, 0.3) is 5.69 Å². The first-order chi connectivity index (χ1) is 9.17. The molecule has 0 amide bonds. The van der Waals surface area contributed by atoms with E-state index in [1.165, 1.54) is 6.07 Å². The summed E-state index contributed by atoms with van der Waals surface area (Å²) < 4.78 is 1.74. The summed E-state index contributed by atoms with van der Waals surface area (Å²) in [7, 11) is 0. The molecule has 0 saturated carbocycles. The van der Waals surface area contributed by atoms with Crippen molar-refractivity contribution in [3.8, 4) is 5.69 Å². The fourth-order valence-electron chi connectivity index (χ4n) is 1.81. The van der Waals surface area contributed by atoms with Crippen molar-refractivity contribution in [2.45, 2.75) is 12.3 Å². The molecule has 0 spiro atoms. The van der Waals surface area contributed by atoms with Crippen LogP contribution >= 0.6 is 11.6 Å². The molecule has 7 heteroatoms. The van der Waals surface area contributed by atoms with Crippen molar-refractivity contribution in [3.05, 3.63) is 41.5 Å². The Morgan fingerprint density at radius 1 is 1.37 bits per heavy atom. The van der Waals surface area contributed by atoms with Gasteiger partial charge in [-0.25, -0.2) is 4.79 Å². The van der Waals surface area contributed by atoms with Crippen LogP contribution in [0.4, 0.5) is 0 Å². The zero-order chi connectivity index (χ0) is 13.8. The third-order valence-electron chi connectivity index (χ3n) is 2.64. The molecule has 0 fully saturated rings. The van der Waals surface area contributed by atoms with Crippen LogP contribution in [0.5, 0.6) is 0 Å². The number of aromatic carboxylic acids is 1. The van der Waals surface area contributed by atoms with Gasteiger partial charge in [-0.3, -0.25) is 4.57 Å². The fraction of sp³-hybridized carbons (Fsp3) is 0.250. The van der Waals surface area contributed by atoms with Crippen LogP contribution in [0, 0.1) is 0 Å². The standard InChI is InChI=1S/C12H13ClN4O2/c13-7-11-16-15-10(4-5-14)17(11)9-3-1-2-8(6-9)12(18)19/h1-3,6H,4-5,7,14H2,(H,18,19). The monoisotopic (exact) mass is 280 g/mol. The molecule has 0 saturated heterocycles. The van der Waals surface area contributed by atoms with Crippen molar-refractivity contribution in [2.24, 2.45) is 5.73 Å². The lowest BCUT2D eigenvalue weighted by atomic mass is 10.2. The van der Waals surface area contributed by atoms with Crippen LogP contribution in [0.2, 0.25) is 0 Å². The van der Waals surface area contributed by atoms with Crippen LogP contribution in [-0.4, -0.2) is 32.4 Å². The fourth-order valence-corrected chi connectivity index (χ4v) is 1.98. The van der Waals surface area contributed by atoms with Gasteiger partial charge in [0.1, 0.15) is 5.82 Å². The molecule has 0 unspecified atom stereocenters. The number of nitrogens with two attached hydrogens (primary N) is 1. The van der Waals surface area contributed by atoms with Gasteiger partial charge in [0.05, 0.1) is 11.4 Å². The highest BCUT2D eigenvalue weighted by Gasteiger charge is 2.13. The molecule has 0 radical (unpaired) electrons. The second-order valence-electron chi connectivity index (χ2n) is 3.90. The van der Waals surface area contributed by atoms with Gasteiger partial charge < -0.3 is 10.8 Å². The molecule has 100 valence electrons. The lowest BCUT2D eigenvalue weighted by Gasteiger charge is -2.09. The van der Waals surface area contributed by atoms with E-state index in [-0.39, 0.29) is 11.4 Å². The smallest absolute Gasteiger partial charge is 0.335 e. The summed E-state index contributed by atoms with van der Waals surface area (Å²) in [6, 6.07) is 6.54. The lowest BCUT2D eigenvalue weighted by molar-refractivity contribution is 0.0697. The minimum Gasteiger partial charge on any atom is -0.478 e. The number of rotatable bonds is 5. The molecule has 19 heavy (non-hydrogen) atoms. The van der Waals surface area contributed by atoms with Crippen LogP contribution in [-0.2, 0) is 12.3 Å². The Bertz CT molecular complexity index is 597. The van der Waals surface area contributed by atoms with E-state index in [4.69, 9.17) is 22.4 Å². The van der Waals surface area contributed by atoms with E-state index in [9.17, 15) is 4.79 Å². The van der Waals surface area contributed by atoms with Gasteiger partial charge >= 0.3 is 5.97 Å². The number of carboxylic acids is 1. The van der Waals surface area contributed by atoms with Crippen LogP contribution in [0.1, 0.15) is 22.0 Å². The predicted molar refractivity (Wildman–Crippen MR) is 70.6 cm³/mol. The summed E-state index contributed by atoms with van der Waals surface area (Å²) in [5.74, 6) is 0.436. The summed E-state index contributed by atoms with van der Waals surface area (Å²) in [6.45, 7) is 0.430. The van der Waals surface area contributed by atoms with Crippen molar-refractivity contribution in [2.75, 3.05) is 6.54 Å². The minimum absolute atomic E-state index is 0.189. The summed E-state index contributed by atoms with van der Waals surface area (Å²) in [4.78, 5) is 11.0. The Hall–Kier alpha value is -1.92. The molecule has 1 aromatic carbocycles. The maximum atomic E-state index is 11.0. The van der Waals surface area contributed by atoms with E-state index in [2.05, 4.69) is 10.2 Å². The summed E-state index contributed by atoms with van der Waals surface area (Å²) in [6.07, 6.45) is 0.543. The van der Waals surface area contributed by atoms with Crippen LogP contribution in [0.3, 0.4) is 0 Å². The molecule has 0 atom stereocenters. The molecule has 0 aliphatic heterocycles. The Morgan fingerprint density at radius 2 is 2.11 bits per heavy atom. The number of hydrogen-bond acceptors (Lipinski definition) is 4. The summed E-state index contributed by atoms with van der Waals surface area (Å²) in [5.41, 5.74) is 6.40. The lowest BCUT2D eigenvalue weighted by Crippen LogP contribution is -2.11. The summed E-state index contributed by atoms with van der Waals surface area (Å²) >= 11 is 5.83. The third-order valence-corrected chi connectivity index (χ3v) is 2.87. The van der Waals surface area contributed by atoms with E-state index < -0.39 is 5.97 Å². The van der Waals surface area contributed by atoms with Crippen molar-refractivity contribution in [3.63, 3.8) is 0 Å². The molecule has 3 N–H and O–H groups in total. The first kappa shape index (κ1) is 13.5. The molecule has 0 aliphatic carbocycles. The number of hydrogen-bond donors (Lipinski definition) is 2. The third kappa shape index (κ3) is 2.74. The average Bonchev–Trinajstić information content (AvgIpc) is 2.82. The molecular weight excluding hydrogens is 268 g/mol. The van der Waals surface area contributed by atoms with Gasteiger partial charge in [-0.15, -0.1) is 21.8 Å². The molecular formula is C12H13ClN4O2. The van der Waals surface area contributed by atoms with E-state index >= 15 is 0 Å². The van der Waals surface area contributed by atoms with Crippen molar-refractivity contribution >= 4 is 17.6 Å². The van der Waals surface area contributed by atoms with Gasteiger partial charge in [-0.1, -0.05) is 6.07 Å². The first-order valence-corrected chi connectivity index (χ1v) is 6.23. The van der Waals surface area contributed by atoms with Gasteiger partial charge in [0.25, 0.3) is 0 Å². The molecule has 0 aliphatic rings. The second-order valence-corrected chi connectivity index (χ2v) is 4.16. The number of carboxylic acid groups (broad SMARTS) is 1. The quantitative estimate of drug-likeness (QED) is 0.803. The second kappa shape index (κ2) is 5.81. The van der Waals surface area contributed by atoms with E-state index in [0.29, 0.717) is 30.3 Å². The Morgan fingerprint density at radius 3 is 2.74 bits per heavy atom. The van der Waals surface area contributed by atoms with Crippen molar-refractivity contribution in [1.29, 1.82) is 0 Å². The highest BCUT2D eigenvalue weighted by Crippen LogP contribution is 2.16. The van der Waals surface area contributed by atoms with E-state index in [0.717, 1.165) is 0 Å². The zero-order valence-corrected chi connectivity index (χ0v) is 10.8. The Labute approximate surface area is 114 Å².